The van der Waals surface area contributed by atoms with E-state index in [1.54, 1.807) is 0 Å². The van der Waals surface area contributed by atoms with Crippen LogP contribution in [-0.4, -0.2) is 36.8 Å². The summed E-state index contributed by atoms with van der Waals surface area (Å²) < 4.78 is 0. The van der Waals surface area contributed by atoms with Crippen LogP contribution in [0.25, 0.3) is 0 Å². The minimum Gasteiger partial charge on any atom is -0.481 e. The number of aliphatic carboxylic acids is 2. The molecule has 0 unspecified atom stereocenters. The summed E-state index contributed by atoms with van der Waals surface area (Å²) in [5.74, 6) is -1.33. The van der Waals surface area contributed by atoms with E-state index in [2.05, 4.69) is 38.2 Å². The van der Waals surface area contributed by atoms with Crippen molar-refractivity contribution < 1.29 is 34.5 Å². The van der Waals surface area contributed by atoms with E-state index in [-0.39, 0.29) is 0 Å². The number of unbranched alkanes of at least 4 members (excludes halogenated alkanes) is 22. The summed E-state index contributed by atoms with van der Waals surface area (Å²) >= 11 is 0. The molecule has 0 atom stereocenters. The Morgan fingerprint density at radius 1 is 0.409 bits per heavy atom. The molecule has 7 nitrogen and oxygen atoms in total. The van der Waals surface area contributed by atoms with Gasteiger partial charge in [-0.3, -0.25) is 9.59 Å². The fourth-order valence-electron chi connectivity index (χ4n) is 4.69. The molecule has 0 aromatic rings. The fourth-order valence-corrected chi connectivity index (χ4v) is 4.69. The molecule has 44 heavy (non-hydrogen) atoms. The van der Waals surface area contributed by atoms with Gasteiger partial charge in [-0.25, -0.2) is 0 Å². The number of carbonyl (C=O) groups is 2. The number of hydrogen-bond acceptors (Lipinski definition) is 5. The van der Waals surface area contributed by atoms with Gasteiger partial charge in [-0.1, -0.05) is 141 Å². The smallest absolute Gasteiger partial charge is 0.324 e. The standard InChI is InChI=1S/2C18H34O2.H3O3P/c2*1-2-3-4-5-6-7-8-9-10-11-12-13-14-15-16-17-18(19)20;1-4(2)3/h2*9-10H,2-8,11-17H2,1H3,(H,19,20);1-3H/b2*10-9-;. The Bertz CT molecular complexity index is 571. The van der Waals surface area contributed by atoms with Gasteiger partial charge in [0, 0.05) is 12.8 Å². The van der Waals surface area contributed by atoms with Crippen molar-refractivity contribution in [2.24, 2.45) is 0 Å². The Morgan fingerprint density at radius 3 is 0.841 bits per heavy atom. The summed E-state index contributed by atoms with van der Waals surface area (Å²) in [6, 6.07) is 0. The SMILES string of the molecule is CCCCCCCC/C=C\CCCCCCCC(=O)O.CCCCCCCC/C=C\CCCCCCCC(=O)O.OP(O)O. The third-order valence-corrected chi connectivity index (χ3v) is 7.30. The average molecular weight is 647 g/mol. The van der Waals surface area contributed by atoms with E-state index < -0.39 is 20.5 Å². The van der Waals surface area contributed by atoms with Crippen LogP contribution in [0.4, 0.5) is 0 Å². The Morgan fingerprint density at radius 2 is 0.614 bits per heavy atom. The van der Waals surface area contributed by atoms with Crippen molar-refractivity contribution in [3.8, 4) is 0 Å². The minimum absolute atomic E-state index is 0.332. The lowest BCUT2D eigenvalue weighted by molar-refractivity contribution is -0.138. The Balaban J connectivity index is -0.000000680. The number of carboxylic acids is 2. The molecule has 0 heterocycles. The predicted octanol–water partition coefficient (Wildman–Crippen LogP) is 11.4. The Kier molecular flexibility index (Phi) is 47.0. The lowest BCUT2D eigenvalue weighted by Crippen LogP contribution is -1.93. The van der Waals surface area contributed by atoms with E-state index in [1.807, 2.05) is 0 Å². The lowest BCUT2D eigenvalue weighted by atomic mass is 10.1. The summed E-state index contributed by atoms with van der Waals surface area (Å²) in [5.41, 5.74) is 0. The normalized spacial score (nSPS) is 11.0. The van der Waals surface area contributed by atoms with Crippen molar-refractivity contribution in [1.82, 2.24) is 0 Å². The van der Waals surface area contributed by atoms with Crippen LogP contribution in [-0.2, 0) is 9.59 Å². The second kappa shape index (κ2) is 43.9. The van der Waals surface area contributed by atoms with Gasteiger partial charge in [0.05, 0.1) is 0 Å². The molecule has 0 saturated carbocycles. The second-order valence-electron chi connectivity index (χ2n) is 11.7. The van der Waals surface area contributed by atoms with Gasteiger partial charge >= 0.3 is 20.5 Å². The van der Waals surface area contributed by atoms with Crippen molar-refractivity contribution in [2.45, 2.75) is 194 Å². The highest BCUT2D eigenvalue weighted by molar-refractivity contribution is 7.38. The molecule has 0 radical (unpaired) electrons. The van der Waals surface area contributed by atoms with Crippen LogP contribution >= 0.6 is 8.60 Å². The zero-order valence-electron chi connectivity index (χ0n) is 28.6. The fraction of sp³-hybridized carbons (Fsp3) is 0.833. The van der Waals surface area contributed by atoms with Gasteiger partial charge in [-0.05, 0) is 64.2 Å². The van der Waals surface area contributed by atoms with Crippen LogP contribution in [0.5, 0.6) is 0 Å². The first-order valence-electron chi connectivity index (χ1n) is 17.9. The van der Waals surface area contributed by atoms with Crippen LogP contribution in [0.1, 0.15) is 194 Å². The van der Waals surface area contributed by atoms with Crippen molar-refractivity contribution in [2.75, 3.05) is 0 Å². The zero-order chi connectivity index (χ0) is 33.4. The van der Waals surface area contributed by atoms with Gasteiger partial charge in [0.15, 0.2) is 0 Å². The van der Waals surface area contributed by atoms with E-state index in [1.165, 1.54) is 141 Å². The van der Waals surface area contributed by atoms with Crippen molar-refractivity contribution in [3.63, 3.8) is 0 Å². The van der Waals surface area contributed by atoms with E-state index in [0.717, 1.165) is 25.7 Å². The first-order chi connectivity index (χ1) is 21.3. The highest BCUT2D eigenvalue weighted by Crippen LogP contribution is 2.12. The Hall–Kier alpha value is -1.27. The molecule has 0 aliphatic carbocycles. The van der Waals surface area contributed by atoms with Gasteiger partial charge < -0.3 is 24.9 Å². The summed E-state index contributed by atoms with van der Waals surface area (Å²) in [5, 5.41) is 17.0. The average Bonchev–Trinajstić information content (AvgIpc) is 2.97. The van der Waals surface area contributed by atoms with Gasteiger partial charge in [-0.15, -0.1) is 0 Å². The highest BCUT2D eigenvalue weighted by atomic mass is 31.2. The van der Waals surface area contributed by atoms with Crippen LogP contribution < -0.4 is 0 Å². The lowest BCUT2D eigenvalue weighted by Gasteiger charge is -1.99. The topological polar surface area (TPSA) is 135 Å². The molecule has 0 rings (SSSR count). The van der Waals surface area contributed by atoms with Crippen LogP contribution in [0.3, 0.4) is 0 Å². The number of carboxylic acid groups (broad SMARTS) is 2. The molecular formula is C36H71O7P. The van der Waals surface area contributed by atoms with E-state index in [0.29, 0.717) is 12.8 Å². The molecule has 0 spiro atoms. The molecule has 0 saturated heterocycles. The van der Waals surface area contributed by atoms with E-state index in [9.17, 15) is 9.59 Å². The zero-order valence-corrected chi connectivity index (χ0v) is 29.5. The monoisotopic (exact) mass is 646 g/mol. The maximum Gasteiger partial charge on any atom is 0.324 e. The molecule has 0 aliphatic rings. The first-order valence-corrected chi connectivity index (χ1v) is 19.1. The quantitative estimate of drug-likeness (QED) is 0.0297. The molecule has 0 fully saturated rings. The van der Waals surface area contributed by atoms with Gasteiger partial charge in [0.2, 0.25) is 0 Å². The summed E-state index contributed by atoms with van der Waals surface area (Å²) in [7, 11) is -2.62. The molecule has 0 bridgehead atoms. The van der Waals surface area contributed by atoms with Crippen LogP contribution in [0.2, 0.25) is 0 Å². The molecule has 0 aromatic heterocycles. The maximum atomic E-state index is 10.3. The van der Waals surface area contributed by atoms with Crippen LogP contribution in [0.15, 0.2) is 24.3 Å². The maximum absolute atomic E-state index is 10.3. The predicted molar refractivity (Wildman–Crippen MR) is 188 cm³/mol. The highest BCUT2D eigenvalue weighted by Gasteiger charge is 1.97. The van der Waals surface area contributed by atoms with Gasteiger partial charge in [0.1, 0.15) is 0 Å². The van der Waals surface area contributed by atoms with E-state index in [4.69, 9.17) is 24.9 Å². The molecule has 0 amide bonds. The van der Waals surface area contributed by atoms with E-state index >= 15 is 0 Å². The first kappa shape index (κ1) is 47.1. The van der Waals surface area contributed by atoms with Crippen molar-refractivity contribution in [1.29, 1.82) is 0 Å². The molecule has 5 N–H and O–H groups in total. The number of rotatable bonds is 30. The third kappa shape index (κ3) is 60.0. The molecule has 0 aromatic carbocycles. The van der Waals surface area contributed by atoms with Crippen LogP contribution in [0, 0.1) is 0 Å². The van der Waals surface area contributed by atoms with Gasteiger partial charge in [0.25, 0.3) is 0 Å². The molecular weight excluding hydrogens is 575 g/mol. The number of allylic oxidation sites excluding steroid dienone is 4. The summed E-state index contributed by atoms with van der Waals surface area (Å²) in [6.07, 6.45) is 42.5. The van der Waals surface area contributed by atoms with Crippen molar-refractivity contribution >= 4 is 20.5 Å². The molecule has 8 heteroatoms. The molecule has 0 aliphatic heterocycles. The Labute approximate surface area is 272 Å². The van der Waals surface area contributed by atoms with Crippen molar-refractivity contribution in [3.05, 3.63) is 24.3 Å². The third-order valence-electron chi connectivity index (χ3n) is 7.30. The second-order valence-corrected chi connectivity index (χ2v) is 12.3. The number of hydrogen-bond donors (Lipinski definition) is 5. The largest absolute Gasteiger partial charge is 0.481 e. The molecule has 262 valence electrons. The minimum atomic E-state index is -2.62. The van der Waals surface area contributed by atoms with Gasteiger partial charge in [-0.2, -0.15) is 0 Å². The summed E-state index contributed by atoms with van der Waals surface area (Å²) in [4.78, 5) is 42.3. The summed E-state index contributed by atoms with van der Waals surface area (Å²) in [6.45, 7) is 4.52.